The highest BCUT2D eigenvalue weighted by atomic mass is 35.5. The van der Waals surface area contributed by atoms with Crippen LogP contribution < -0.4 is 5.73 Å². The Labute approximate surface area is 86.1 Å². The van der Waals surface area contributed by atoms with E-state index in [-0.39, 0.29) is 0 Å². The monoisotopic (exact) mass is 215 g/mol. The van der Waals surface area contributed by atoms with Crippen LogP contribution in [0, 0.1) is 0 Å². The van der Waals surface area contributed by atoms with E-state index in [1.165, 1.54) is 24.6 Å². The number of thioether (sulfide) groups is 1. The van der Waals surface area contributed by atoms with Crippen molar-refractivity contribution < 1.29 is 0 Å². The summed E-state index contributed by atoms with van der Waals surface area (Å²) in [6.07, 6.45) is 4.29. The van der Waals surface area contributed by atoms with Crippen molar-refractivity contribution in [2.75, 3.05) is 12.0 Å². The molecule has 0 bridgehead atoms. The third-order valence-electron chi connectivity index (χ3n) is 2.00. The number of nitrogens with two attached hydrogens (primary N) is 1. The number of hydrogen-bond acceptors (Lipinski definition) is 4. The quantitative estimate of drug-likeness (QED) is 0.608. The van der Waals surface area contributed by atoms with Gasteiger partial charge < -0.3 is 5.73 Å². The van der Waals surface area contributed by atoms with Gasteiger partial charge in [-0.25, -0.2) is 9.97 Å². The highest BCUT2D eigenvalue weighted by molar-refractivity contribution is 7.98. The lowest BCUT2D eigenvalue weighted by molar-refractivity contribution is 0.885. The molecule has 3 nitrogen and oxygen atoms in total. The van der Waals surface area contributed by atoms with Gasteiger partial charge >= 0.3 is 0 Å². The van der Waals surface area contributed by atoms with E-state index in [0.29, 0.717) is 16.8 Å². The molecule has 13 heavy (non-hydrogen) atoms. The van der Waals surface area contributed by atoms with Gasteiger partial charge in [-0.1, -0.05) is 11.6 Å². The minimum Gasteiger partial charge on any atom is -0.382 e. The Balaban J connectivity index is 2.43. The second kappa shape index (κ2) is 3.35. The average molecular weight is 216 g/mol. The molecule has 1 heterocycles. The predicted molar refractivity (Wildman–Crippen MR) is 55.2 cm³/mol. The van der Waals surface area contributed by atoms with Crippen molar-refractivity contribution in [1.82, 2.24) is 9.97 Å². The van der Waals surface area contributed by atoms with Gasteiger partial charge in [-0.3, -0.25) is 0 Å². The van der Waals surface area contributed by atoms with Gasteiger partial charge in [0.25, 0.3) is 0 Å². The summed E-state index contributed by atoms with van der Waals surface area (Å²) < 4.78 is 0. The smallest absolute Gasteiger partial charge is 0.147 e. The van der Waals surface area contributed by atoms with Crippen molar-refractivity contribution in [2.45, 2.75) is 23.8 Å². The lowest BCUT2D eigenvalue weighted by Gasteiger charge is -2.05. The van der Waals surface area contributed by atoms with Gasteiger partial charge in [-0.05, 0) is 19.1 Å². The van der Waals surface area contributed by atoms with Crippen LogP contribution in [0.1, 0.15) is 24.6 Å². The zero-order valence-electron chi connectivity index (χ0n) is 7.25. The number of rotatable bonds is 2. The molecule has 0 radical (unpaired) electrons. The number of nitrogens with zero attached hydrogens (tertiary/aromatic N) is 2. The Hall–Kier alpha value is -0.480. The van der Waals surface area contributed by atoms with E-state index in [1.807, 2.05) is 6.26 Å². The van der Waals surface area contributed by atoms with Crippen molar-refractivity contribution in [3.05, 3.63) is 10.8 Å². The van der Waals surface area contributed by atoms with Crippen molar-refractivity contribution in [1.29, 1.82) is 0 Å². The Bertz CT molecular complexity index is 338. The molecule has 70 valence electrons. The number of aromatic nitrogens is 2. The van der Waals surface area contributed by atoms with E-state index in [1.54, 1.807) is 0 Å². The molecule has 2 N–H and O–H groups in total. The summed E-state index contributed by atoms with van der Waals surface area (Å²) in [6, 6.07) is 0. The van der Waals surface area contributed by atoms with Gasteiger partial charge in [0.2, 0.25) is 0 Å². The van der Waals surface area contributed by atoms with Gasteiger partial charge in [0, 0.05) is 5.92 Å². The van der Waals surface area contributed by atoms with Gasteiger partial charge in [0.05, 0.1) is 0 Å². The average Bonchev–Trinajstić information content (AvgIpc) is 2.92. The molecule has 1 aromatic rings. The molecule has 0 saturated heterocycles. The highest BCUT2D eigenvalue weighted by Gasteiger charge is 2.27. The molecule has 1 fully saturated rings. The summed E-state index contributed by atoms with van der Waals surface area (Å²) in [4.78, 5) is 8.52. The van der Waals surface area contributed by atoms with Crippen LogP contribution >= 0.6 is 23.4 Å². The summed E-state index contributed by atoms with van der Waals surface area (Å²) in [5.41, 5.74) is 5.67. The lowest BCUT2D eigenvalue weighted by atomic mass is 10.4. The number of halogens is 1. The van der Waals surface area contributed by atoms with Crippen molar-refractivity contribution in [3.63, 3.8) is 0 Å². The molecule has 1 aliphatic carbocycles. The minimum atomic E-state index is 0.405. The summed E-state index contributed by atoms with van der Waals surface area (Å²) in [7, 11) is 0. The molecule has 2 rings (SSSR count). The maximum absolute atomic E-state index is 5.92. The Morgan fingerprint density at radius 3 is 2.69 bits per heavy atom. The van der Waals surface area contributed by atoms with Crippen LogP contribution in [0.15, 0.2) is 5.03 Å². The van der Waals surface area contributed by atoms with E-state index >= 15 is 0 Å². The Kier molecular flexibility index (Phi) is 2.34. The molecule has 0 aliphatic heterocycles. The maximum atomic E-state index is 5.92. The molecule has 0 unspecified atom stereocenters. The molecule has 1 aromatic heterocycles. The molecule has 1 saturated carbocycles. The van der Waals surface area contributed by atoms with Crippen LogP contribution in [0.5, 0.6) is 0 Å². The van der Waals surface area contributed by atoms with E-state index in [0.717, 1.165) is 10.9 Å². The normalized spacial score (nSPS) is 16.2. The lowest BCUT2D eigenvalue weighted by Crippen LogP contribution is -2.01. The first-order valence-corrected chi connectivity index (χ1v) is 5.69. The Morgan fingerprint density at radius 2 is 2.15 bits per heavy atom. The van der Waals surface area contributed by atoms with Crippen molar-refractivity contribution in [2.24, 2.45) is 0 Å². The summed E-state index contributed by atoms with van der Waals surface area (Å²) in [6.45, 7) is 0. The molecule has 0 atom stereocenters. The predicted octanol–water partition coefficient (Wildman–Crippen LogP) is 2.31. The molecule has 0 spiro atoms. The minimum absolute atomic E-state index is 0.405. The number of hydrogen-bond donors (Lipinski definition) is 1. The molecular formula is C8H10ClN3S. The Morgan fingerprint density at radius 1 is 1.46 bits per heavy atom. The topological polar surface area (TPSA) is 51.8 Å². The zero-order chi connectivity index (χ0) is 9.42. The molecule has 1 aliphatic rings. The van der Waals surface area contributed by atoms with Gasteiger partial charge in [-0.2, -0.15) is 0 Å². The zero-order valence-corrected chi connectivity index (χ0v) is 8.82. The second-order valence-electron chi connectivity index (χ2n) is 3.06. The molecule has 0 aromatic carbocycles. The highest BCUT2D eigenvalue weighted by Crippen LogP contribution is 2.40. The van der Waals surface area contributed by atoms with Crippen molar-refractivity contribution in [3.8, 4) is 0 Å². The van der Waals surface area contributed by atoms with E-state index < -0.39 is 0 Å². The standard InChI is InChI=1S/C8H10ClN3S/c1-13-8-5(9)6(10)11-7(12-8)4-2-3-4/h4H,2-3H2,1H3,(H2,10,11,12). The number of nitrogen functional groups attached to an aromatic ring is 1. The van der Waals surface area contributed by atoms with Crippen LogP contribution in [-0.2, 0) is 0 Å². The largest absolute Gasteiger partial charge is 0.382 e. The third kappa shape index (κ3) is 1.74. The van der Waals surface area contributed by atoms with Crippen LogP contribution in [0.4, 0.5) is 5.82 Å². The SMILES string of the molecule is CSc1nc(C2CC2)nc(N)c1Cl. The third-order valence-corrected chi connectivity index (χ3v) is 3.17. The van der Waals surface area contributed by atoms with Gasteiger partial charge in [0.15, 0.2) is 0 Å². The summed E-state index contributed by atoms with van der Waals surface area (Å²) >= 11 is 7.43. The molecular weight excluding hydrogens is 206 g/mol. The maximum Gasteiger partial charge on any atom is 0.147 e. The summed E-state index contributed by atoms with van der Waals surface area (Å²) in [5.74, 6) is 1.78. The first kappa shape index (κ1) is 9.09. The fraction of sp³-hybridized carbons (Fsp3) is 0.500. The van der Waals surface area contributed by atoms with Crippen molar-refractivity contribution >= 4 is 29.2 Å². The van der Waals surface area contributed by atoms with Crippen LogP contribution in [0.3, 0.4) is 0 Å². The van der Waals surface area contributed by atoms with Crippen LogP contribution in [-0.4, -0.2) is 16.2 Å². The number of anilines is 1. The van der Waals surface area contributed by atoms with Crippen LogP contribution in [0.25, 0.3) is 0 Å². The van der Waals surface area contributed by atoms with E-state index in [4.69, 9.17) is 17.3 Å². The molecule has 0 amide bonds. The molecule has 5 heteroatoms. The van der Waals surface area contributed by atoms with E-state index in [9.17, 15) is 0 Å². The van der Waals surface area contributed by atoms with Gasteiger partial charge in [0.1, 0.15) is 21.7 Å². The van der Waals surface area contributed by atoms with Gasteiger partial charge in [-0.15, -0.1) is 11.8 Å². The fourth-order valence-electron chi connectivity index (χ4n) is 1.12. The first-order chi connectivity index (χ1) is 6.22. The summed E-state index contributed by atoms with van der Waals surface area (Å²) in [5, 5.41) is 1.27. The van der Waals surface area contributed by atoms with E-state index in [2.05, 4.69) is 9.97 Å². The second-order valence-corrected chi connectivity index (χ2v) is 4.24. The fourth-order valence-corrected chi connectivity index (χ4v) is 1.90. The first-order valence-electron chi connectivity index (χ1n) is 4.09. The van der Waals surface area contributed by atoms with Crippen LogP contribution in [0.2, 0.25) is 5.02 Å².